The van der Waals surface area contributed by atoms with Gasteiger partial charge in [0.1, 0.15) is 17.2 Å². The van der Waals surface area contributed by atoms with Gasteiger partial charge in [0.15, 0.2) is 11.4 Å². The van der Waals surface area contributed by atoms with Crippen LogP contribution in [0.2, 0.25) is 0 Å². The number of carbonyl (C=O) groups is 1. The molecule has 0 saturated heterocycles. The van der Waals surface area contributed by atoms with Crippen LogP contribution >= 0.6 is 11.3 Å². The van der Waals surface area contributed by atoms with Gasteiger partial charge < -0.3 is 9.47 Å². The van der Waals surface area contributed by atoms with Gasteiger partial charge in [-0.15, -0.1) is 0 Å². The number of hydrogen-bond donors (Lipinski definition) is 0. The summed E-state index contributed by atoms with van der Waals surface area (Å²) in [6.45, 7) is 3.67. The van der Waals surface area contributed by atoms with Crippen LogP contribution in [-0.2, 0) is 15.7 Å². The molecule has 1 amide bonds. The lowest BCUT2D eigenvalue weighted by molar-refractivity contribution is -0.137. The number of rotatable bonds is 9. The summed E-state index contributed by atoms with van der Waals surface area (Å²) in [5.41, 5.74) is -1.40. The molecule has 11 heteroatoms. The Bertz CT molecular complexity index is 1110. The lowest BCUT2D eigenvalue weighted by atomic mass is 10.1. The van der Waals surface area contributed by atoms with E-state index in [0.29, 0.717) is 4.88 Å². The number of anilines is 1. The van der Waals surface area contributed by atoms with Gasteiger partial charge >= 0.3 is 6.18 Å². The van der Waals surface area contributed by atoms with Gasteiger partial charge in [-0.05, 0) is 43.7 Å². The zero-order valence-electron chi connectivity index (χ0n) is 18.2. The van der Waals surface area contributed by atoms with E-state index in [2.05, 4.69) is 4.98 Å². The third-order valence-corrected chi connectivity index (χ3v) is 5.73. The summed E-state index contributed by atoms with van der Waals surface area (Å²) in [7, 11) is 0. The Kier molecular flexibility index (Phi) is 8.34. The largest absolute Gasteiger partial charge is 0.416 e. The fourth-order valence-electron chi connectivity index (χ4n) is 3.13. The van der Waals surface area contributed by atoms with E-state index in [1.54, 1.807) is 13.8 Å². The van der Waals surface area contributed by atoms with Crippen molar-refractivity contribution in [2.24, 2.45) is 0 Å². The summed E-state index contributed by atoms with van der Waals surface area (Å²) < 4.78 is 79.0. The first-order valence-electron chi connectivity index (χ1n) is 10.3. The van der Waals surface area contributed by atoms with Crippen LogP contribution in [0.15, 0.2) is 48.7 Å². The lowest BCUT2D eigenvalue weighted by Gasteiger charge is -2.25. The number of thiazole rings is 1. The first-order chi connectivity index (χ1) is 16.2. The maximum Gasteiger partial charge on any atom is 0.416 e. The van der Waals surface area contributed by atoms with Crippen molar-refractivity contribution in [3.8, 4) is 10.4 Å². The number of amides is 1. The highest BCUT2D eigenvalue weighted by Gasteiger charge is 2.32. The second kappa shape index (κ2) is 11.0. The predicted octanol–water partition coefficient (Wildman–Crippen LogP) is 6.15. The van der Waals surface area contributed by atoms with Crippen LogP contribution in [0.1, 0.15) is 29.8 Å². The smallest absolute Gasteiger partial charge is 0.351 e. The molecule has 0 aliphatic rings. The van der Waals surface area contributed by atoms with Crippen molar-refractivity contribution in [3.05, 3.63) is 71.4 Å². The number of nitrogens with zero attached hydrogens (tertiary/aromatic N) is 2. The summed E-state index contributed by atoms with van der Waals surface area (Å²) in [4.78, 5) is 18.7. The average molecular weight is 500 g/mol. The van der Waals surface area contributed by atoms with Crippen molar-refractivity contribution >= 4 is 22.4 Å². The van der Waals surface area contributed by atoms with Gasteiger partial charge in [0, 0.05) is 19.4 Å². The SMILES string of the molecule is CCOC(CN(C(=O)c1c(F)cccc1F)c1ncc(-c2cccc(C(F)(F)F)c2)s1)OCC. The lowest BCUT2D eigenvalue weighted by Crippen LogP contribution is -2.40. The number of hydrogen-bond acceptors (Lipinski definition) is 5. The van der Waals surface area contributed by atoms with Crippen molar-refractivity contribution in [3.63, 3.8) is 0 Å². The zero-order chi connectivity index (χ0) is 24.9. The molecule has 3 aromatic rings. The predicted molar refractivity (Wildman–Crippen MR) is 118 cm³/mol. The van der Waals surface area contributed by atoms with Gasteiger partial charge in [0.25, 0.3) is 5.91 Å². The summed E-state index contributed by atoms with van der Waals surface area (Å²) in [6.07, 6.45) is -4.16. The van der Waals surface area contributed by atoms with Crippen LogP contribution in [0.5, 0.6) is 0 Å². The molecular formula is C23H21F5N2O3S. The quantitative estimate of drug-likeness (QED) is 0.261. The minimum atomic E-state index is -4.53. The maximum absolute atomic E-state index is 14.4. The summed E-state index contributed by atoms with van der Waals surface area (Å²) in [5.74, 6) is -3.15. The maximum atomic E-state index is 14.4. The third kappa shape index (κ3) is 5.96. The molecule has 0 bridgehead atoms. The molecule has 34 heavy (non-hydrogen) atoms. The summed E-state index contributed by atoms with van der Waals surface area (Å²) >= 11 is 0.897. The van der Waals surface area contributed by atoms with Crippen molar-refractivity contribution < 1.29 is 36.2 Å². The number of aromatic nitrogens is 1. The Morgan fingerprint density at radius 3 is 2.26 bits per heavy atom. The van der Waals surface area contributed by atoms with Gasteiger partial charge in [-0.2, -0.15) is 13.2 Å². The van der Waals surface area contributed by atoms with Gasteiger partial charge in [-0.1, -0.05) is 29.5 Å². The summed E-state index contributed by atoms with van der Waals surface area (Å²) in [6, 6.07) is 7.66. The van der Waals surface area contributed by atoms with Crippen LogP contribution in [0.4, 0.5) is 27.1 Å². The fraction of sp³-hybridized carbons (Fsp3) is 0.304. The second-order valence-electron chi connectivity index (χ2n) is 6.94. The van der Waals surface area contributed by atoms with Crippen LogP contribution in [0.3, 0.4) is 0 Å². The Hall–Kier alpha value is -2.89. The Morgan fingerprint density at radius 1 is 1.06 bits per heavy atom. The standard InChI is InChI=1S/C23H21F5N2O3S/c1-3-32-19(33-4-2)13-30(21(31)20-16(24)9-6-10-17(20)25)22-29-12-18(34-22)14-7-5-8-15(11-14)23(26,27)28/h5-12,19H,3-4,13H2,1-2H3. The molecular weight excluding hydrogens is 479 g/mol. The molecule has 0 aliphatic carbocycles. The van der Waals surface area contributed by atoms with Gasteiger partial charge in [0.05, 0.1) is 17.0 Å². The van der Waals surface area contributed by atoms with E-state index in [1.165, 1.54) is 18.3 Å². The minimum Gasteiger partial charge on any atom is -0.351 e. The van der Waals surface area contributed by atoms with E-state index in [-0.39, 0.29) is 30.5 Å². The Labute approximate surface area is 196 Å². The highest BCUT2D eigenvalue weighted by atomic mass is 32.1. The molecule has 0 unspecified atom stereocenters. The number of benzene rings is 2. The first-order valence-corrected chi connectivity index (χ1v) is 11.1. The molecule has 0 radical (unpaired) electrons. The molecule has 2 aromatic carbocycles. The van der Waals surface area contributed by atoms with E-state index in [9.17, 15) is 26.7 Å². The van der Waals surface area contributed by atoms with Crippen LogP contribution in [-0.4, -0.2) is 36.9 Å². The van der Waals surface area contributed by atoms with E-state index < -0.39 is 41.1 Å². The Balaban J connectivity index is 2.02. The molecule has 5 nitrogen and oxygen atoms in total. The highest BCUT2D eigenvalue weighted by Crippen LogP contribution is 2.36. The van der Waals surface area contributed by atoms with Crippen molar-refractivity contribution in [2.75, 3.05) is 24.7 Å². The third-order valence-electron chi connectivity index (χ3n) is 4.66. The fourth-order valence-corrected chi connectivity index (χ4v) is 4.05. The molecule has 0 saturated carbocycles. The first kappa shape index (κ1) is 25.7. The molecule has 182 valence electrons. The molecule has 0 N–H and O–H groups in total. The average Bonchev–Trinajstić information content (AvgIpc) is 3.27. The number of ether oxygens (including phenoxy) is 2. The van der Waals surface area contributed by atoms with Crippen molar-refractivity contribution in [1.29, 1.82) is 0 Å². The highest BCUT2D eigenvalue weighted by molar-refractivity contribution is 7.19. The van der Waals surface area contributed by atoms with Crippen LogP contribution in [0, 0.1) is 11.6 Å². The molecule has 1 heterocycles. The molecule has 3 rings (SSSR count). The molecule has 1 aromatic heterocycles. The van der Waals surface area contributed by atoms with Crippen molar-refractivity contribution in [2.45, 2.75) is 26.3 Å². The molecule has 0 atom stereocenters. The molecule has 0 aliphatic heterocycles. The van der Waals surface area contributed by atoms with Crippen LogP contribution in [0.25, 0.3) is 10.4 Å². The van der Waals surface area contributed by atoms with E-state index in [0.717, 1.165) is 46.6 Å². The summed E-state index contributed by atoms with van der Waals surface area (Å²) in [5, 5.41) is 0.0180. The number of halogens is 5. The number of carbonyl (C=O) groups excluding carboxylic acids is 1. The van der Waals surface area contributed by atoms with Gasteiger partial charge in [0.2, 0.25) is 0 Å². The number of alkyl halides is 3. The monoisotopic (exact) mass is 500 g/mol. The van der Waals surface area contributed by atoms with E-state index in [1.807, 2.05) is 0 Å². The van der Waals surface area contributed by atoms with Gasteiger partial charge in [-0.25, -0.2) is 13.8 Å². The van der Waals surface area contributed by atoms with Crippen LogP contribution < -0.4 is 4.90 Å². The minimum absolute atomic E-state index is 0.0180. The normalized spacial score (nSPS) is 11.8. The second-order valence-corrected chi connectivity index (χ2v) is 7.95. The zero-order valence-corrected chi connectivity index (χ0v) is 19.1. The molecule has 0 spiro atoms. The molecule has 0 fully saturated rings. The van der Waals surface area contributed by atoms with E-state index >= 15 is 0 Å². The van der Waals surface area contributed by atoms with Crippen molar-refractivity contribution in [1.82, 2.24) is 4.98 Å². The Morgan fingerprint density at radius 2 is 1.68 bits per heavy atom. The van der Waals surface area contributed by atoms with Gasteiger partial charge in [-0.3, -0.25) is 9.69 Å². The topological polar surface area (TPSA) is 51.7 Å². The van der Waals surface area contributed by atoms with E-state index in [4.69, 9.17) is 9.47 Å².